The molecule has 0 radical (unpaired) electrons. The maximum atomic E-state index is 13.6. The lowest BCUT2D eigenvalue weighted by atomic mass is 9.42. The monoisotopic (exact) mass is 1010 g/mol. The lowest BCUT2D eigenvalue weighted by Gasteiger charge is -2.67. The molecule has 8 rings (SSSR count). The molecular weight excluding hydrogens is 927 g/mol. The summed E-state index contributed by atoms with van der Waals surface area (Å²) in [6, 6.07) is 6.87. The molecule has 0 amide bonds. The van der Waals surface area contributed by atoms with E-state index in [9.17, 15) is 35.1 Å². The fourth-order valence-corrected chi connectivity index (χ4v) is 14.0. The number of para-hydroxylation sites is 1. The van der Waals surface area contributed by atoms with Crippen LogP contribution in [0.5, 0.6) is 0 Å². The van der Waals surface area contributed by atoms with Crippen LogP contribution in [0.15, 0.2) is 35.9 Å². The van der Waals surface area contributed by atoms with Crippen molar-refractivity contribution in [2.75, 3.05) is 33.7 Å². The number of rotatable bonds is 14. The highest BCUT2D eigenvalue weighted by molar-refractivity contribution is 5.95. The van der Waals surface area contributed by atoms with Crippen molar-refractivity contribution in [1.82, 2.24) is 0 Å². The molecule has 0 spiro atoms. The average molecular weight is 1010 g/mol. The van der Waals surface area contributed by atoms with E-state index in [0.717, 1.165) is 5.57 Å². The fraction of sp³-hybridized carbons (Fsp3) is 0.808. The van der Waals surface area contributed by atoms with E-state index in [1.54, 1.807) is 66.3 Å². The number of fused-ring (bicyclic) bond motifs is 5. The Morgan fingerprint density at radius 2 is 1.42 bits per heavy atom. The maximum absolute atomic E-state index is 13.6. The topological polar surface area (TPSA) is 249 Å². The summed E-state index contributed by atoms with van der Waals surface area (Å²) >= 11 is 0. The van der Waals surface area contributed by atoms with E-state index >= 15 is 0 Å². The molecule has 6 fully saturated rings. The van der Waals surface area contributed by atoms with Crippen molar-refractivity contribution in [2.24, 2.45) is 16.7 Å². The van der Waals surface area contributed by atoms with Gasteiger partial charge in [-0.25, -0.2) is 4.79 Å². The number of carbonyl (C=O) groups excluding carboxylic acids is 2. The third kappa shape index (κ3) is 9.18. The Morgan fingerprint density at radius 1 is 0.789 bits per heavy atom. The molecule has 19 nitrogen and oxygen atoms in total. The quantitative estimate of drug-likeness (QED) is 0.115. The van der Waals surface area contributed by atoms with E-state index in [1.165, 1.54) is 14.0 Å². The number of esters is 2. The Balaban J connectivity index is 0.924. The van der Waals surface area contributed by atoms with Crippen LogP contribution in [0.2, 0.25) is 0 Å². The van der Waals surface area contributed by atoms with E-state index in [2.05, 4.69) is 12.2 Å². The molecule has 4 aliphatic carbocycles. The Kier molecular flexibility index (Phi) is 15.9. The molecule has 71 heavy (non-hydrogen) atoms. The summed E-state index contributed by atoms with van der Waals surface area (Å²) in [7, 11) is 6.30. The minimum absolute atomic E-state index is 0.0212. The SMILES string of the molecule is CNc1ccccc1C(=O)O[C@@H](C)[C@]1(O)CC[C@@]2(O)[C@]1(C)[C@H](OC(C)=O)C[C@@H]1[C@@]3(C)CC[C@H](O[C@H]4C[C@H](OC)[C@H](O[C@H]5C[C@@H](OC)[C@H](O[C@@H]6O[C@H](C)[C@@H](O)[C@H](OC)[C@H]6O)[C@@H](C)O5)[C@@H](C)O4)CC3=CC[C@]12O. The summed E-state index contributed by atoms with van der Waals surface area (Å²) in [5.74, 6) is -1.83. The van der Waals surface area contributed by atoms with Crippen molar-refractivity contribution in [3.63, 3.8) is 0 Å². The lowest BCUT2D eigenvalue weighted by Crippen LogP contribution is -2.78. The first-order valence-corrected chi connectivity index (χ1v) is 25.4. The van der Waals surface area contributed by atoms with Gasteiger partial charge in [-0.2, -0.15) is 0 Å². The van der Waals surface area contributed by atoms with Crippen LogP contribution in [0.3, 0.4) is 0 Å². The van der Waals surface area contributed by atoms with Gasteiger partial charge >= 0.3 is 11.9 Å². The fourth-order valence-electron chi connectivity index (χ4n) is 14.0. The van der Waals surface area contributed by atoms with Gasteiger partial charge < -0.3 is 83.0 Å². The predicted molar refractivity (Wildman–Crippen MR) is 253 cm³/mol. The third-order valence-electron chi connectivity index (χ3n) is 18.1. The number of aliphatic hydroxyl groups is 5. The standard InChI is InChI=1S/C52H79NO18/c1-26-41(55)45(63-11)42(56)47(66-26)71-44-28(3)65-40(24-36(44)62-10)70-43-27(2)64-39(23-35(43)61-9)69-32-17-18-48(6)31(22-32)16-19-51(59)37(48)25-38(68-30(5)54)49(7)50(58,20-21-52(49,51)60)29(4)67-46(57)33-14-12-13-15-34(33)53-8/h12-16,26-29,32,35-45,47,53,55-56,58-60H,17-25H2,1-11H3/t26-,27-,28-,29+,32+,35+,36-,37-,38-,39+,40+,41-,42-,43-,44-,45+,47+,48+,49-,50-,51+,52-/m1/s1. The Morgan fingerprint density at radius 3 is 2.04 bits per heavy atom. The van der Waals surface area contributed by atoms with Gasteiger partial charge in [0.25, 0.3) is 0 Å². The van der Waals surface area contributed by atoms with Crippen molar-refractivity contribution in [3.05, 3.63) is 41.5 Å². The molecule has 1 aromatic rings. The number of hydrogen-bond acceptors (Lipinski definition) is 19. The number of ether oxygens (including phenoxy) is 11. The van der Waals surface area contributed by atoms with Crippen LogP contribution in [0.4, 0.5) is 5.69 Å². The van der Waals surface area contributed by atoms with Crippen molar-refractivity contribution < 1.29 is 87.2 Å². The smallest absolute Gasteiger partial charge is 0.340 e. The van der Waals surface area contributed by atoms with Gasteiger partial charge in [0, 0.05) is 59.7 Å². The van der Waals surface area contributed by atoms with Crippen molar-refractivity contribution in [2.45, 2.75) is 221 Å². The van der Waals surface area contributed by atoms with Crippen molar-refractivity contribution >= 4 is 17.6 Å². The molecule has 1 aromatic carbocycles. The molecule has 3 saturated heterocycles. The molecule has 19 heteroatoms. The molecule has 0 unspecified atom stereocenters. The highest BCUT2D eigenvalue weighted by Gasteiger charge is 2.81. The number of hydrogen-bond donors (Lipinski definition) is 6. The first kappa shape index (κ1) is 54.4. The Bertz CT molecular complexity index is 2100. The van der Waals surface area contributed by atoms with Crippen LogP contribution in [0.1, 0.15) is 117 Å². The largest absolute Gasteiger partial charge is 0.462 e. The van der Waals surface area contributed by atoms with Gasteiger partial charge in [-0.3, -0.25) is 4.79 Å². The highest BCUT2D eigenvalue weighted by atomic mass is 16.8. The molecule has 6 N–H and O–H groups in total. The van der Waals surface area contributed by atoms with E-state index in [1.807, 2.05) is 19.9 Å². The second kappa shape index (κ2) is 20.7. The summed E-state index contributed by atoms with van der Waals surface area (Å²) in [4.78, 5) is 26.5. The van der Waals surface area contributed by atoms with Gasteiger partial charge in [0.05, 0.1) is 47.6 Å². The lowest BCUT2D eigenvalue weighted by molar-refractivity contribution is -0.352. The molecule has 7 aliphatic rings. The van der Waals surface area contributed by atoms with E-state index in [0.29, 0.717) is 37.8 Å². The Hall–Kier alpha value is -2.86. The number of aliphatic hydroxyl groups excluding tert-OH is 2. The van der Waals surface area contributed by atoms with Crippen LogP contribution in [-0.2, 0) is 56.9 Å². The zero-order valence-corrected chi connectivity index (χ0v) is 43.1. The molecule has 400 valence electrons. The third-order valence-corrected chi connectivity index (χ3v) is 18.1. The molecule has 0 aromatic heterocycles. The molecule has 3 heterocycles. The van der Waals surface area contributed by atoms with Crippen LogP contribution >= 0.6 is 0 Å². The summed E-state index contributed by atoms with van der Waals surface area (Å²) < 4.78 is 67.5. The molecule has 3 aliphatic heterocycles. The summed E-state index contributed by atoms with van der Waals surface area (Å²) in [5, 5.41) is 63.4. The maximum Gasteiger partial charge on any atom is 0.340 e. The molecule has 3 saturated carbocycles. The number of anilines is 1. The van der Waals surface area contributed by atoms with Crippen LogP contribution in [-0.4, -0.2) is 181 Å². The van der Waals surface area contributed by atoms with Gasteiger partial charge in [0.2, 0.25) is 0 Å². The first-order valence-electron chi connectivity index (χ1n) is 25.4. The average Bonchev–Trinajstić information content (AvgIpc) is 3.57. The Labute approximate surface area is 417 Å². The molecule has 0 bridgehead atoms. The van der Waals surface area contributed by atoms with E-state index < -0.39 is 138 Å². The summed E-state index contributed by atoms with van der Waals surface area (Å²) in [5.41, 5.74) is -5.97. The number of nitrogens with one attached hydrogen (secondary N) is 1. The summed E-state index contributed by atoms with van der Waals surface area (Å²) in [6.45, 7) is 12.1. The van der Waals surface area contributed by atoms with E-state index in [4.69, 9.17) is 52.1 Å². The van der Waals surface area contributed by atoms with E-state index in [-0.39, 0.29) is 37.4 Å². The highest BCUT2D eigenvalue weighted by Crippen LogP contribution is 2.71. The minimum Gasteiger partial charge on any atom is -0.462 e. The predicted octanol–water partition coefficient (Wildman–Crippen LogP) is 3.68. The second-order valence-electron chi connectivity index (χ2n) is 21.6. The number of carbonyl (C=O) groups is 2. The van der Waals surface area contributed by atoms with Crippen LogP contribution < -0.4 is 5.32 Å². The zero-order valence-electron chi connectivity index (χ0n) is 43.1. The first-order chi connectivity index (χ1) is 33.5. The summed E-state index contributed by atoms with van der Waals surface area (Å²) in [6.07, 6.45) is -7.16. The molecule has 22 atom stereocenters. The van der Waals surface area contributed by atoms with Gasteiger partial charge in [-0.15, -0.1) is 0 Å². The van der Waals surface area contributed by atoms with Crippen molar-refractivity contribution in [3.8, 4) is 0 Å². The van der Waals surface area contributed by atoms with Crippen LogP contribution in [0, 0.1) is 16.7 Å². The zero-order chi connectivity index (χ0) is 51.6. The van der Waals surface area contributed by atoms with Gasteiger partial charge in [-0.05, 0) is 90.2 Å². The molecular formula is C52H79NO18. The van der Waals surface area contributed by atoms with Crippen molar-refractivity contribution in [1.29, 1.82) is 0 Å². The van der Waals surface area contributed by atoms with Gasteiger partial charge in [-0.1, -0.05) is 37.6 Å². The van der Waals surface area contributed by atoms with Gasteiger partial charge in [0.15, 0.2) is 18.9 Å². The second-order valence-corrected chi connectivity index (χ2v) is 21.6. The normalized spacial score (nSPS) is 47.0. The number of benzene rings is 1. The number of methoxy groups -OCH3 is 3. The minimum atomic E-state index is -1.95. The van der Waals surface area contributed by atoms with Gasteiger partial charge in [0.1, 0.15) is 59.5 Å². The van der Waals surface area contributed by atoms with Crippen LogP contribution in [0.25, 0.3) is 0 Å².